The van der Waals surface area contributed by atoms with E-state index >= 15 is 0 Å². The molecule has 47 heavy (non-hydrogen) atoms. The van der Waals surface area contributed by atoms with E-state index in [4.69, 9.17) is 15.2 Å². The maximum atomic E-state index is 13.9. The van der Waals surface area contributed by atoms with Crippen LogP contribution in [0.25, 0.3) is 0 Å². The lowest BCUT2D eigenvalue weighted by Crippen LogP contribution is -2.51. The van der Waals surface area contributed by atoms with E-state index in [1.54, 1.807) is 6.92 Å². The van der Waals surface area contributed by atoms with E-state index < -0.39 is 77.7 Å². The first-order valence-corrected chi connectivity index (χ1v) is 14.3. The second-order valence-corrected chi connectivity index (χ2v) is 10.8. The third-order valence-electron chi connectivity index (χ3n) is 7.64. The number of carbonyl (C=O) groups is 1. The van der Waals surface area contributed by atoms with Crippen LogP contribution in [0.15, 0.2) is 45.8 Å². The Kier molecular flexibility index (Phi) is 10.6. The second kappa shape index (κ2) is 13.9. The number of halogens is 9. The number of ether oxygens (including phenoxy) is 2. The van der Waals surface area contributed by atoms with E-state index in [1.165, 1.54) is 7.05 Å². The van der Waals surface area contributed by atoms with Gasteiger partial charge in [-0.25, -0.2) is 9.78 Å². The van der Waals surface area contributed by atoms with Gasteiger partial charge >= 0.3 is 24.6 Å². The average molecular weight is 684 g/mol. The van der Waals surface area contributed by atoms with Gasteiger partial charge in [-0.3, -0.25) is 4.90 Å². The van der Waals surface area contributed by atoms with E-state index in [0.717, 1.165) is 15.9 Å². The normalized spacial score (nSPS) is 20.0. The summed E-state index contributed by atoms with van der Waals surface area (Å²) in [6.07, 6.45) is -15.9. The standard InChI is InChI=1S/C28H30F9N7O3/c1-3-18-13-21(23-20(4-5-22(40-23)28(35,36)37)44(18)25(45)47-19-6-8-46-9-7-19)43(24(38)41-42-39-2)14-15-10-16(26(29,30)31)12-17(11-15)27(32,33)34/h4-5,10-12,18-19,21H,3,6-9,13-14H2,1-2H3,(H2,38,39,41)/t18-,21+/m1/s1. The Morgan fingerprint density at radius 3 is 2.17 bits per heavy atom. The number of nitrogens with zero attached hydrogens (tertiary/aromatic N) is 6. The fraction of sp³-hybridized carbons (Fsp3) is 0.536. The minimum atomic E-state index is -5.17. The summed E-state index contributed by atoms with van der Waals surface area (Å²) >= 11 is 0. The summed E-state index contributed by atoms with van der Waals surface area (Å²) < 4.78 is 135. The van der Waals surface area contributed by atoms with Gasteiger partial charge in [-0.15, -0.1) is 0 Å². The minimum Gasteiger partial charge on any atom is -0.446 e. The Morgan fingerprint density at radius 2 is 1.64 bits per heavy atom. The summed E-state index contributed by atoms with van der Waals surface area (Å²) in [5.74, 6) is -0.593. The Morgan fingerprint density at radius 1 is 1.02 bits per heavy atom. The van der Waals surface area contributed by atoms with E-state index in [-0.39, 0.29) is 30.3 Å². The molecule has 2 N–H and O–H groups in total. The van der Waals surface area contributed by atoms with Crippen LogP contribution in [0.1, 0.15) is 66.7 Å². The fourth-order valence-electron chi connectivity index (χ4n) is 5.42. The topological polar surface area (TPSA) is 118 Å². The van der Waals surface area contributed by atoms with Gasteiger partial charge in [0.15, 0.2) is 0 Å². The van der Waals surface area contributed by atoms with Crippen molar-refractivity contribution < 1.29 is 53.8 Å². The Balaban J connectivity index is 1.88. The summed E-state index contributed by atoms with van der Waals surface area (Å²) in [5.41, 5.74) is 0.498. The highest BCUT2D eigenvalue weighted by Gasteiger charge is 2.44. The van der Waals surface area contributed by atoms with Crippen LogP contribution in [0.3, 0.4) is 0 Å². The smallest absolute Gasteiger partial charge is 0.433 e. The maximum absolute atomic E-state index is 13.9. The molecule has 0 radical (unpaired) electrons. The monoisotopic (exact) mass is 683 g/mol. The molecule has 0 spiro atoms. The largest absolute Gasteiger partial charge is 0.446 e. The van der Waals surface area contributed by atoms with Crippen LogP contribution in [0.4, 0.5) is 50.0 Å². The van der Waals surface area contributed by atoms with E-state index in [9.17, 15) is 44.3 Å². The van der Waals surface area contributed by atoms with Crippen LogP contribution in [-0.2, 0) is 34.5 Å². The molecule has 3 heterocycles. The number of anilines is 1. The van der Waals surface area contributed by atoms with E-state index in [0.29, 0.717) is 44.3 Å². The first-order chi connectivity index (χ1) is 21.9. The van der Waals surface area contributed by atoms with Crippen molar-refractivity contribution in [1.29, 1.82) is 0 Å². The van der Waals surface area contributed by atoms with Crippen molar-refractivity contribution >= 4 is 17.7 Å². The number of amides is 1. The molecule has 2 aromatic rings. The predicted octanol–water partition coefficient (Wildman–Crippen LogP) is 7.30. The summed E-state index contributed by atoms with van der Waals surface area (Å²) in [7, 11) is 1.20. The number of fused-ring (bicyclic) bond motifs is 1. The van der Waals surface area contributed by atoms with Crippen LogP contribution >= 0.6 is 0 Å². The maximum Gasteiger partial charge on any atom is 0.433 e. The van der Waals surface area contributed by atoms with Gasteiger partial charge in [-0.1, -0.05) is 12.0 Å². The molecule has 1 aromatic carbocycles. The highest BCUT2D eigenvalue weighted by Crippen LogP contribution is 2.44. The average Bonchev–Trinajstić information content (AvgIpc) is 3.00. The first-order valence-electron chi connectivity index (χ1n) is 14.3. The molecule has 0 unspecified atom stereocenters. The van der Waals surface area contributed by atoms with Crippen LogP contribution in [-0.4, -0.2) is 54.3 Å². The van der Waals surface area contributed by atoms with E-state index in [2.05, 4.69) is 20.4 Å². The molecule has 0 bridgehead atoms. The molecule has 1 fully saturated rings. The molecule has 10 nitrogen and oxygen atoms in total. The highest BCUT2D eigenvalue weighted by molar-refractivity contribution is 5.90. The van der Waals surface area contributed by atoms with Crippen molar-refractivity contribution in [3.05, 3.63) is 58.4 Å². The molecule has 258 valence electrons. The van der Waals surface area contributed by atoms with Crippen molar-refractivity contribution in [3.63, 3.8) is 0 Å². The number of benzene rings is 1. The molecular weight excluding hydrogens is 653 g/mol. The lowest BCUT2D eigenvalue weighted by atomic mass is 9.91. The zero-order valence-corrected chi connectivity index (χ0v) is 25.0. The predicted molar refractivity (Wildman–Crippen MR) is 148 cm³/mol. The fourth-order valence-corrected chi connectivity index (χ4v) is 5.42. The van der Waals surface area contributed by atoms with Crippen molar-refractivity contribution in [2.24, 2.45) is 21.2 Å². The SMILES string of the molecule is CC[C@@H]1C[C@H](N(Cc2cc(C(F)(F)F)cc(C(F)(F)F)c2)/C(N)=N/N=NC)c2nc(C(F)(F)F)ccc2N1C(=O)OC1CCOCC1. The van der Waals surface area contributed by atoms with Gasteiger partial charge < -0.3 is 20.1 Å². The minimum absolute atomic E-state index is 0.0568. The Hall–Kier alpha value is -4.16. The number of aromatic nitrogens is 1. The third kappa shape index (κ3) is 8.41. The molecule has 1 amide bonds. The molecule has 0 aliphatic carbocycles. The molecule has 2 aliphatic heterocycles. The molecule has 1 saturated heterocycles. The third-order valence-corrected chi connectivity index (χ3v) is 7.64. The van der Waals surface area contributed by atoms with Crippen molar-refractivity contribution in [2.75, 3.05) is 25.2 Å². The molecule has 0 saturated carbocycles. The molecule has 1 aromatic heterocycles. The van der Waals surface area contributed by atoms with Gasteiger partial charge in [-0.2, -0.15) is 44.6 Å². The molecule has 2 atom stereocenters. The zero-order chi connectivity index (χ0) is 34.7. The van der Waals surface area contributed by atoms with Gasteiger partial charge in [-0.05, 0) is 54.0 Å². The van der Waals surface area contributed by atoms with Gasteiger partial charge in [0, 0.05) is 25.4 Å². The van der Waals surface area contributed by atoms with Gasteiger partial charge in [0.25, 0.3) is 0 Å². The van der Waals surface area contributed by atoms with Gasteiger partial charge in [0.2, 0.25) is 5.96 Å². The highest BCUT2D eigenvalue weighted by atomic mass is 19.4. The van der Waals surface area contributed by atoms with Crippen LogP contribution in [0.5, 0.6) is 0 Å². The Labute approximate surface area is 262 Å². The summed E-state index contributed by atoms with van der Waals surface area (Å²) in [4.78, 5) is 19.4. The van der Waals surface area contributed by atoms with Crippen LogP contribution < -0.4 is 10.6 Å². The molecular formula is C28H30F9N7O3. The number of hydrogen-bond donors (Lipinski definition) is 1. The van der Waals surface area contributed by atoms with E-state index in [1.807, 2.05) is 0 Å². The van der Waals surface area contributed by atoms with Crippen molar-refractivity contribution in [2.45, 2.75) is 75.9 Å². The number of guanidine groups is 1. The quantitative estimate of drug-likeness (QED) is 0.112. The summed E-state index contributed by atoms with van der Waals surface area (Å²) in [6, 6.07) is 0.410. The number of rotatable bonds is 6. The van der Waals surface area contributed by atoms with Crippen molar-refractivity contribution in [1.82, 2.24) is 9.88 Å². The van der Waals surface area contributed by atoms with Crippen LogP contribution in [0.2, 0.25) is 0 Å². The second-order valence-electron chi connectivity index (χ2n) is 10.8. The number of carbonyl (C=O) groups excluding carboxylic acids is 1. The Bertz CT molecular complexity index is 1460. The number of pyridine rings is 1. The number of nitrogens with two attached hydrogens (primary N) is 1. The summed E-state index contributed by atoms with van der Waals surface area (Å²) in [6.45, 7) is 1.54. The van der Waals surface area contributed by atoms with Gasteiger partial charge in [0.1, 0.15) is 11.8 Å². The lowest BCUT2D eigenvalue weighted by molar-refractivity contribution is -0.143. The molecule has 19 heteroatoms. The zero-order valence-electron chi connectivity index (χ0n) is 25.0. The van der Waals surface area contributed by atoms with Gasteiger partial charge in [0.05, 0.1) is 48.8 Å². The lowest BCUT2D eigenvalue weighted by Gasteiger charge is -2.44. The number of hydrogen-bond acceptors (Lipinski definition) is 6. The summed E-state index contributed by atoms with van der Waals surface area (Å²) in [5, 5.41) is 10.5. The first kappa shape index (κ1) is 35.7. The van der Waals surface area contributed by atoms with Crippen molar-refractivity contribution in [3.8, 4) is 0 Å². The molecule has 4 rings (SSSR count). The molecule has 2 aliphatic rings. The van der Waals surface area contributed by atoms with Crippen LogP contribution in [0, 0.1) is 0 Å². The number of alkyl halides is 9.